The zero-order valence-electron chi connectivity index (χ0n) is 18.6. The van der Waals surface area contributed by atoms with Gasteiger partial charge in [0.15, 0.2) is 17.5 Å². The third-order valence-corrected chi connectivity index (χ3v) is 6.10. The Labute approximate surface area is 180 Å². The SMILES string of the molecule is CN=C(NCCCC(=O)N1CCc2cc(OC)c(OC)cc2C1)NC1CCCCC1. The van der Waals surface area contributed by atoms with Crippen LogP contribution in [0.25, 0.3) is 0 Å². The molecule has 0 spiro atoms. The summed E-state index contributed by atoms with van der Waals surface area (Å²) in [5.41, 5.74) is 2.37. The van der Waals surface area contributed by atoms with Crippen LogP contribution in [0.3, 0.4) is 0 Å². The van der Waals surface area contributed by atoms with E-state index in [9.17, 15) is 4.79 Å². The van der Waals surface area contributed by atoms with Gasteiger partial charge in [0, 0.05) is 39.1 Å². The molecule has 0 saturated heterocycles. The van der Waals surface area contributed by atoms with Crippen molar-refractivity contribution >= 4 is 11.9 Å². The molecule has 7 heteroatoms. The van der Waals surface area contributed by atoms with Gasteiger partial charge < -0.3 is 25.0 Å². The summed E-state index contributed by atoms with van der Waals surface area (Å²) in [4.78, 5) is 19.0. The minimum atomic E-state index is 0.201. The van der Waals surface area contributed by atoms with E-state index in [0.29, 0.717) is 24.8 Å². The monoisotopic (exact) mass is 416 g/mol. The van der Waals surface area contributed by atoms with E-state index in [-0.39, 0.29) is 5.91 Å². The van der Waals surface area contributed by atoms with Gasteiger partial charge in [0.1, 0.15) is 0 Å². The summed E-state index contributed by atoms with van der Waals surface area (Å²) < 4.78 is 10.8. The first kappa shape index (κ1) is 22.2. The number of hydrogen-bond donors (Lipinski definition) is 2. The van der Waals surface area contributed by atoms with Crippen LogP contribution < -0.4 is 20.1 Å². The maximum absolute atomic E-state index is 12.7. The first-order chi connectivity index (χ1) is 14.6. The number of rotatable bonds is 7. The first-order valence-electron chi connectivity index (χ1n) is 11.1. The van der Waals surface area contributed by atoms with Crippen molar-refractivity contribution < 1.29 is 14.3 Å². The number of hydrogen-bond acceptors (Lipinski definition) is 4. The quantitative estimate of drug-likeness (QED) is 0.406. The van der Waals surface area contributed by atoms with E-state index in [1.807, 2.05) is 17.0 Å². The van der Waals surface area contributed by atoms with Gasteiger partial charge in [0.2, 0.25) is 5.91 Å². The molecule has 1 heterocycles. The van der Waals surface area contributed by atoms with E-state index in [2.05, 4.69) is 15.6 Å². The topological polar surface area (TPSA) is 75.2 Å². The van der Waals surface area contributed by atoms with Crippen LogP contribution in [0.4, 0.5) is 0 Å². The summed E-state index contributed by atoms with van der Waals surface area (Å²) in [5, 5.41) is 6.87. The molecule has 0 atom stereocenters. The van der Waals surface area contributed by atoms with Crippen LogP contribution in [-0.2, 0) is 17.8 Å². The number of carbonyl (C=O) groups excluding carboxylic acids is 1. The summed E-state index contributed by atoms with van der Waals surface area (Å²) >= 11 is 0. The van der Waals surface area contributed by atoms with Gasteiger partial charge in [-0.25, -0.2) is 0 Å². The van der Waals surface area contributed by atoms with Crippen molar-refractivity contribution in [1.82, 2.24) is 15.5 Å². The standard InChI is InChI=1S/C23H36N4O3/c1-24-23(26-19-8-5-4-6-9-19)25-12-7-10-22(28)27-13-11-17-14-20(29-2)21(30-3)15-18(17)16-27/h14-15,19H,4-13,16H2,1-3H3,(H2,24,25,26). The number of amides is 1. The van der Waals surface area contributed by atoms with Gasteiger partial charge >= 0.3 is 0 Å². The molecule has 0 aromatic heterocycles. The fraction of sp³-hybridized carbons (Fsp3) is 0.652. The smallest absolute Gasteiger partial charge is 0.222 e. The van der Waals surface area contributed by atoms with Crippen LogP contribution in [-0.4, -0.2) is 57.2 Å². The van der Waals surface area contributed by atoms with E-state index in [0.717, 1.165) is 43.2 Å². The number of aliphatic imine (C=N–C) groups is 1. The largest absolute Gasteiger partial charge is 0.493 e. The van der Waals surface area contributed by atoms with E-state index >= 15 is 0 Å². The zero-order valence-corrected chi connectivity index (χ0v) is 18.6. The average Bonchev–Trinajstić information content (AvgIpc) is 2.80. The third kappa shape index (κ3) is 5.80. The van der Waals surface area contributed by atoms with Crippen LogP contribution in [0.1, 0.15) is 56.1 Å². The van der Waals surface area contributed by atoms with E-state index in [1.165, 1.54) is 37.7 Å². The molecule has 1 amide bonds. The lowest BCUT2D eigenvalue weighted by Gasteiger charge is -2.30. The van der Waals surface area contributed by atoms with Crippen molar-refractivity contribution in [2.45, 2.75) is 64.0 Å². The fourth-order valence-corrected chi connectivity index (χ4v) is 4.34. The van der Waals surface area contributed by atoms with Crippen LogP contribution >= 0.6 is 0 Å². The molecular formula is C23H36N4O3. The predicted octanol–water partition coefficient (Wildman–Crippen LogP) is 2.87. The highest BCUT2D eigenvalue weighted by Gasteiger charge is 2.22. The van der Waals surface area contributed by atoms with Gasteiger partial charge in [-0.2, -0.15) is 0 Å². The molecule has 1 aliphatic heterocycles. The molecule has 1 aromatic rings. The molecule has 2 N–H and O–H groups in total. The highest BCUT2D eigenvalue weighted by atomic mass is 16.5. The molecule has 0 bridgehead atoms. The van der Waals surface area contributed by atoms with Crippen LogP contribution in [0, 0.1) is 0 Å². The highest BCUT2D eigenvalue weighted by molar-refractivity contribution is 5.80. The Hall–Kier alpha value is -2.44. The minimum absolute atomic E-state index is 0.201. The third-order valence-electron chi connectivity index (χ3n) is 6.10. The van der Waals surface area contributed by atoms with E-state index in [4.69, 9.17) is 9.47 Å². The second kappa shape index (κ2) is 11.1. The van der Waals surface area contributed by atoms with Gasteiger partial charge in [0.25, 0.3) is 0 Å². The second-order valence-electron chi connectivity index (χ2n) is 8.12. The highest BCUT2D eigenvalue weighted by Crippen LogP contribution is 2.33. The summed E-state index contributed by atoms with van der Waals surface area (Å²) in [7, 11) is 5.09. The lowest BCUT2D eigenvalue weighted by molar-refractivity contribution is -0.132. The maximum atomic E-state index is 12.7. The molecule has 3 rings (SSSR count). The number of nitrogens with zero attached hydrogens (tertiary/aromatic N) is 2. The Morgan fingerprint density at radius 2 is 1.83 bits per heavy atom. The van der Waals surface area contributed by atoms with Crippen LogP contribution in [0.15, 0.2) is 17.1 Å². The molecule has 166 valence electrons. The molecular weight excluding hydrogens is 380 g/mol. The Bertz CT molecular complexity index is 744. The lowest BCUT2D eigenvalue weighted by Crippen LogP contribution is -2.44. The van der Waals surface area contributed by atoms with E-state index < -0.39 is 0 Å². The molecule has 30 heavy (non-hydrogen) atoms. The Balaban J connectivity index is 1.43. The Morgan fingerprint density at radius 3 is 2.50 bits per heavy atom. The van der Waals surface area contributed by atoms with Gasteiger partial charge in [-0.15, -0.1) is 0 Å². The summed E-state index contributed by atoms with van der Waals surface area (Å²) in [5.74, 6) is 2.51. The number of fused-ring (bicyclic) bond motifs is 1. The zero-order chi connectivity index (χ0) is 21.3. The molecule has 7 nitrogen and oxygen atoms in total. The van der Waals surface area contributed by atoms with Crippen molar-refractivity contribution in [3.63, 3.8) is 0 Å². The lowest BCUT2D eigenvalue weighted by atomic mass is 9.96. The summed E-state index contributed by atoms with van der Waals surface area (Å²) in [6.45, 7) is 2.13. The van der Waals surface area contributed by atoms with Crippen molar-refractivity contribution in [3.05, 3.63) is 23.3 Å². The minimum Gasteiger partial charge on any atom is -0.493 e. The molecule has 1 aliphatic carbocycles. The number of methoxy groups -OCH3 is 2. The number of nitrogens with one attached hydrogen (secondary N) is 2. The van der Waals surface area contributed by atoms with Gasteiger partial charge in [-0.3, -0.25) is 9.79 Å². The van der Waals surface area contributed by atoms with Crippen LogP contribution in [0.5, 0.6) is 11.5 Å². The molecule has 0 radical (unpaired) electrons. The molecule has 1 aromatic carbocycles. The van der Waals surface area contributed by atoms with Crippen molar-refractivity contribution in [2.24, 2.45) is 4.99 Å². The summed E-state index contributed by atoms with van der Waals surface area (Å²) in [6.07, 6.45) is 8.53. The molecule has 1 saturated carbocycles. The predicted molar refractivity (Wildman–Crippen MR) is 119 cm³/mol. The van der Waals surface area contributed by atoms with Gasteiger partial charge in [-0.1, -0.05) is 19.3 Å². The Kier molecular flexibility index (Phi) is 8.22. The van der Waals surface area contributed by atoms with Crippen molar-refractivity contribution in [2.75, 3.05) is 34.4 Å². The van der Waals surface area contributed by atoms with E-state index in [1.54, 1.807) is 21.3 Å². The molecule has 1 fully saturated rings. The number of guanidine groups is 1. The maximum Gasteiger partial charge on any atom is 0.222 e. The normalized spacial score (nSPS) is 17.3. The number of benzene rings is 1. The molecule has 0 unspecified atom stereocenters. The fourth-order valence-electron chi connectivity index (χ4n) is 4.34. The Morgan fingerprint density at radius 1 is 1.13 bits per heavy atom. The van der Waals surface area contributed by atoms with Gasteiger partial charge in [0.05, 0.1) is 14.2 Å². The van der Waals surface area contributed by atoms with Crippen LogP contribution in [0.2, 0.25) is 0 Å². The summed E-state index contributed by atoms with van der Waals surface area (Å²) in [6, 6.07) is 4.55. The molecule has 2 aliphatic rings. The van der Waals surface area contributed by atoms with Crippen molar-refractivity contribution in [1.29, 1.82) is 0 Å². The first-order valence-corrected chi connectivity index (χ1v) is 11.1. The van der Waals surface area contributed by atoms with Crippen molar-refractivity contribution in [3.8, 4) is 11.5 Å². The second-order valence-corrected chi connectivity index (χ2v) is 8.12. The number of ether oxygens (including phenoxy) is 2. The van der Waals surface area contributed by atoms with Gasteiger partial charge in [-0.05, 0) is 48.9 Å². The average molecular weight is 417 g/mol. The number of carbonyl (C=O) groups is 1.